The summed E-state index contributed by atoms with van der Waals surface area (Å²) in [5, 5.41) is 3.27. The second kappa shape index (κ2) is 8.25. The lowest BCUT2D eigenvalue weighted by Gasteiger charge is -2.20. The summed E-state index contributed by atoms with van der Waals surface area (Å²) in [7, 11) is 2.00. The van der Waals surface area contributed by atoms with E-state index < -0.39 is 0 Å². The first-order valence-corrected chi connectivity index (χ1v) is 7.04. The van der Waals surface area contributed by atoms with Gasteiger partial charge in [0.2, 0.25) is 0 Å². The topological polar surface area (TPSA) is 12.0 Å². The molecular formula is C16H26FN. The van der Waals surface area contributed by atoms with E-state index in [1.54, 1.807) is 12.1 Å². The molecule has 1 nitrogen and oxygen atoms in total. The quantitative estimate of drug-likeness (QED) is 0.735. The molecule has 0 aliphatic rings. The highest BCUT2D eigenvalue weighted by molar-refractivity contribution is 5.16. The van der Waals surface area contributed by atoms with Gasteiger partial charge in [0.15, 0.2) is 0 Å². The molecule has 0 aliphatic heterocycles. The minimum Gasteiger partial charge on any atom is -0.319 e. The predicted octanol–water partition coefficient (Wildman–Crippen LogP) is 4.03. The maximum Gasteiger partial charge on any atom is 0.123 e. The molecule has 1 aromatic rings. The summed E-state index contributed by atoms with van der Waals surface area (Å²) in [4.78, 5) is 0. The van der Waals surface area contributed by atoms with Crippen molar-refractivity contribution in [1.29, 1.82) is 0 Å². The first-order valence-electron chi connectivity index (χ1n) is 7.04. The summed E-state index contributed by atoms with van der Waals surface area (Å²) in [6.45, 7) is 5.60. The molecule has 0 amide bonds. The molecule has 2 heteroatoms. The molecule has 0 fully saturated rings. The Morgan fingerprint density at radius 3 is 2.44 bits per heavy atom. The molecule has 0 radical (unpaired) electrons. The fourth-order valence-corrected chi connectivity index (χ4v) is 2.66. The molecule has 102 valence electrons. The van der Waals surface area contributed by atoms with Gasteiger partial charge < -0.3 is 5.32 Å². The smallest absolute Gasteiger partial charge is 0.123 e. The Morgan fingerprint density at radius 1 is 1.22 bits per heavy atom. The number of halogens is 1. The molecule has 1 rings (SSSR count). The molecule has 0 saturated carbocycles. The van der Waals surface area contributed by atoms with Crippen LogP contribution in [0.1, 0.15) is 38.7 Å². The van der Waals surface area contributed by atoms with Crippen molar-refractivity contribution in [3.8, 4) is 0 Å². The van der Waals surface area contributed by atoms with Gasteiger partial charge in [-0.15, -0.1) is 0 Å². The van der Waals surface area contributed by atoms with Gasteiger partial charge in [-0.2, -0.15) is 0 Å². The fourth-order valence-electron chi connectivity index (χ4n) is 2.66. The standard InChI is InChI=1S/C16H26FN/c1-4-5-13(2)10-15(12-18-3)11-14-6-8-16(17)9-7-14/h6-9,13,15,18H,4-5,10-12H2,1-3H3. The van der Waals surface area contributed by atoms with Gasteiger partial charge in [-0.05, 0) is 56.0 Å². The van der Waals surface area contributed by atoms with Gasteiger partial charge in [0, 0.05) is 0 Å². The van der Waals surface area contributed by atoms with Crippen LogP contribution in [0.25, 0.3) is 0 Å². The highest BCUT2D eigenvalue weighted by Crippen LogP contribution is 2.20. The zero-order valence-electron chi connectivity index (χ0n) is 11.9. The highest BCUT2D eigenvalue weighted by Gasteiger charge is 2.13. The van der Waals surface area contributed by atoms with Crippen molar-refractivity contribution in [2.45, 2.75) is 39.5 Å². The van der Waals surface area contributed by atoms with Gasteiger partial charge in [-0.25, -0.2) is 4.39 Å². The van der Waals surface area contributed by atoms with E-state index in [9.17, 15) is 4.39 Å². The Kier molecular flexibility index (Phi) is 6.96. The molecule has 2 unspecified atom stereocenters. The Bertz CT molecular complexity index is 320. The Labute approximate surface area is 111 Å². The highest BCUT2D eigenvalue weighted by atomic mass is 19.1. The average molecular weight is 251 g/mol. The molecule has 2 atom stereocenters. The van der Waals surface area contributed by atoms with Crippen molar-refractivity contribution in [3.05, 3.63) is 35.6 Å². The van der Waals surface area contributed by atoms with Crippen molar-refractivity contribution in [1.82, 2.24) is 5.32 Å². The third-order valence-corrected chi connectivity index (χ3v) is 3.45. The molecule has 0 aliphatic carbocycles. The maximum absolute atomic E-state index is 12.9. The van der Waals surface area contributed by atoms with Gasteiger partial charge in [0.25, 0.3) is 0 Å². The monoisotopic (exact) mass is 251 g/mol. The zero-order chi connectivity index (χ0) is 13.4. The molecule has 0 saturated heterocycles. The molecule has 1 aromatic carbocycles. The van der Waals surface area contributed by atoms with Crippen LogP contribution < -0.4 is 5.32 Å². The van der Waals surface area contributed by atoms with E-state index in [2.05, 4.69) is 19.2 Å². The van der Waals surface area contributed by atoms with Gasteiger partial charge >= 0.3 is 0 Å². The minimum absolute atomic E-state index is 0.150. The van der Waals surface area contributed by atoms with Crippen molar-refractivity contribution in [2.24, 2.45) is 11.8 Å². The van der Waals surface area contributed by atoms with Crippen LogP contribution in [0.3, 0.4) is 0 Å². The van der Waals surface area contributed by atoms with Crippen molar-refractivity contribution < 1.29 is 4.39 Å². The third-order valence-electron chi connectivity index (χ3n) is 3.45. The summed E-state index contributed by atoms with van der Waals surface area (Å²) in [5.74, 6) is 1.26. The van der Waals surface area contributed by atoms with E-state index in [4.69, 9.17) is 0 Å². The second-order valence-corrected chi connectivity index (χ2v) is 5.38. The van der Waals surface area contributed by atoms with Crippen molar-refractivity contribution >= 4 is 0 Å². The van der Waals surface area contributed by atoms with Gasteiger partial charge in [-0.1, -0.05) is 38.8 Å². The van der Waals surface area contributed by atoms with E-state index in [-0.39, 0.29) is 5.82 Å². The minimum atomic E-state index is -0.150. The third kappa shape index (κ3) is 5.63. The SMILES string of the molecule is CCCC(C)CC(CNC)Cc1ccc(F)cc1. The number of hydrogen-bond acceptors (Lipinski definition) is 1. The summed E-state index contributed by atoms with van der Waals surface area (Å²) in [6.07, 6.45) is 4.83. The molecule has 0 spiro atoms. The first-order chi connectivity index (χ1) is 8.65. The number of nitrogens with one attached hydrogen (secondary N) is 1. The second-order valence-electron chi connectivity index (χ2n) is 5.38. The van der Waals surface area contributed by atoms with Gasteiger partial charge in [0.05, 0.1) is 0 Å². The molecular weight excluding hydrogens is 225 g/mol. The molecule has 18 heavy (non-hydrogen) atoms. The summed E-state index contributed by atoms with van der Waals surface area (Å²) in [5.41, 5.74) is 1.24. The molecule has 0 bridgehead atoms. The van der Waals surface area contributed by atoms with Crippen LogP contribution >= 0.6 is 0 Å². The van der Waals surface area contributed by atoms with Crippen LogP contribution in [-0.2, 0) is 6.42 Å². The number of benzene rings is 1. The van der Waals surface area contributed by atoms with E-state index in [0.717, 1.165) is 18.9 Å². The van der Waals surface area contributed by atoms with Crippen LogP contribution in [0.5, 0.6) is 0 Å². The number of rotatable bonds is 8. The van der Waals surface area contributed by atoms with Crippen LogP contribution in [0.2, 0.25) is 0 Å². The summed E-state index contributed by atoms with van der Waals surface area (Å²) < 4.78 is 12.9. The predicted molar refractivity (Wildman–Crippen MR) is 76.2 cm³/mol. The van der Waals surface area contributed by atoms with E-state index in [1.807, 2.05) is 19.2 Å². The summed E-state index contributed by atoms with van der Waals surface area (Å²) in [6, 6.07) is 6.92. The van der Waals surface area contributed by atoms with Crippen LogP contribution in [0, 0.1) is 17.7 Å². The van der Waals surface area contributed by atoms with E-state index in [0.29, 0.717) is 5.92 Å². The fraction of sp³-hybridized carbons (Fsp3) is 0.625. The summed E-state index contributed by atoms with van der Waals surface area (Å²) >= 11 is 0. The van der Waals surface area contributed by atoms with Crippen LogP contribution in [0.15, 0.2) is 24.3 Å². The van der Waals surface area contributed by atoms with E-state index >= 15 is 0 Å². The van der Waals surface area contributed by atoms with Crippen LogP contribution in [-0.4, -0.2) is 13.6 Å². The largest absolute Gasteiger partial charge is 0.319 e. The van der Waals surface area contributed by atoms with Gasteiger partial charge in [0.1, 0.15) is 5.82 Å². The first kappa shape index (κ1) is 15.2. The molecule has 0 aromatic heterocycles. The van der Waals surface area contributed by atoms with E-state index in [1.165, 1.54) is 24.8 Å². The Hall–Kier alpha value is -0.890. The molecule has 1 N–H and O–H groups in total. The van der Waals surface area contributed by atoms with Crippen molar-refractivity contribution in [2.75, 3.05) is 13.6 Å². The van der Waals surface area contributed by atoms with Crippen LogP contribution in [0.4, 0.5) is 4.39 Å². The lowest BCUT2D eigenvalue weighted by Crippen LogP contribution is -2.22. The zero-order valence-corrected chi connectivity index (χ0v) is 11.9. The lowest BCUT2D eigenvalue weighted by molar-refractivity contribution is 0.361. The van der Waals surface area contributed by atoms with Crippen molar-refractivity contribution in [3.63, 3.8) is 0 Å². The average Bonchev–Trinajstić information content (AvgIpc) is 2.32. The maximum atomic E-state index is 12.9. The Morgan fingerprint density at radius 2 is 1.89 bits per heavy atom. The normalized spacial score (nSPS) is 14.4. The Balaban J connectivity index is 2.53. The lowest BCUT2D eigenvalue weighted by atomic mass is 9.88. The number of hydrogen-bond donors (Lipinski definition) is 1. The molecule has 0 heterocycles. The van der Waals surface area contributed by atoms with Gasteiger partial charge in [-0.3, -0.25) is 0 Å².